The maximum absolute atomic E-state index is 12.5. The lowest BCUT2D eigenvalue weighted by molar-refractivity contribution is -0.121. The maximum atomic E-state index is 12.5. The molecule has 2 aromatic carbocycles. The van der Waals surface area contributed by atoms with Crippen LogP contribution in [0.3, 0.4) is 0 Å². The fourth-order valence-corrected chi connectivity index (χ4v) is 4.28. The number of likely N-dealkylation sites (N-methyl/N-ethyl adjacent to an activating group) is 1. The van der Waals surface area contributed by atoms with E-state index in [9.17, 15) is 13.2 Å². The first-order chi connectivity index (χ1) is 11.7. The van der Waals surface area contributed by atoms with Crippen molar-refractivity contribution in [3.63, 3.8) is 0 Å². The van der Waals surface area contributed by atoms with Gasteiger partial charge in [0.05, 0.1) is 17.5 Å². The molecule has 1 atom stereocenters. The van der Waals surface area contributed by atoms with Gasteiger partial charge in [-0.2, -0.15) is 4.31 Å². The monoisotopic (exact) mass is 488 g/mol. The zero-order chi connectivity index (χ0) is 18.6. The zero-order valence-corrected chi connectivity index (χ0v) is 17.7. The van der Waals surface area contributed by atoms with E-state index in [0.717, 1.165) is 18.8 Å². The highest BCUT2D eigenvalue weighted by molar-refractivity contribution is 9.10. The molecule has 2 rings (SSSR count). The number of halogens is 2. The molecule has 0 saturated carbocycles. The summed E-state index contributed by atoms with van der Waals surface area (Å²) in [6, 6.07) is 13.6. The lowest BCUT2D eigenvalue weighted by Crippen LogP contribution is -2.39. The average Bonchev–Trinajstić information content (AvgIpc) is 2.55. The first kappa shape index (κ1) is 20.1. The fourth-order valence-electron chi connectivity index (χ4n) is 2.26. The molecule has 0 radical (unpaired) electrons. The van der Waals surface area contributed by atoms with Crippen molar-refractivity contribution < 1.29 is 13.2 Å². The highest BCUT2D eigenvalue weighted by Gasteiger charge is 2.23. The number of amides is 1. The number of carbonyl (C=O) groups is 1. The molecule has 1 unspecified atom stereocenters. The summed E-state index contributed by atoms with van der Waals surface area (Å²) in [5, 5.41) is 2.82. The second-order valence-electron chi connectivity index (χ2n) is 5.53. The van der Waals surface area contributed by atoms with Crippen molar-refractivity contribution in [3.05, 3.63) is 63.0 Å². The van der Waals surface area contributed by atoms with Crippen LogP contribution in [0, 0.1) is 0 Å². The van der Waals surface area contributed by atoms with E-state index in [4.69, 9.17) is 0 Å². The number of hydrogen-bond acceptors (Lipinski definition) is 3. The Bertz CT molecular complexity index is 854. The summed E-state index contributed by atoms with van der Waals surface area (Å²) in [5.74, 6) is -0.369. The first-order valence-corrected chi connectivity index (χ1v) is 10.5. The van der Waals surface area contributed by atoms with E-state index in [1.165, 1.54) is 19.2 Å². The third kappa shape index (κ3) is 5.13. The summed E-state index contributed by atoms with van der Waals surface area (Å²) < 4.78 is 27.7. The van der Waals surface area contributed by atoms with Crippen molar-refractivity contribution in [2.75, 3.05) is 13.6 Å². The van der Waals surface area contributed by atoms with Crippen LogP contribution in [0.5, 0.6) is 0 Å². The summed E-state index contributed by atoms with van der Waals surface area (Å²) >= 11 is 6.71. The highest BCUT2D eigenvalue weighted by atomic mass is 79.9. The van der Waals surface area contributed by atoms with Crippen molar-refractivity contribution >= 4 is 47.8 Å². The smallest absolute Gasteiger partial charge is 0.243 e. The van der Waals surface area contributed by atoms with Crippen LogP contribution in [-0.2, 0) is 14.8 Å². The first-order valence-electron chi connectivity index (χ1n) is 7.47. The van der Waals surface area contributed by atoms with E-state index in [1.807, 2.05) is 31.2 Å². The van der Waals surface area contributed by atoms with Crippen molar-refractivity contribution in [3.8, 4) is 0 Å². The predicted octanol–water partition coefficient (Wildman–Crippen LogP) is 3.71. The second kappa shape index (κ2) is 8.44. The summed E-state index contributed by atoms with van der Waals surface area (Å²) in [6.45, 7) is 1.59. The van der Waals surface area contributed by atoms with Crippen molar-refractivity contribution in [1.29, 1.82) is 0 Å². The van der Waals surface area contributed by atoms with Gasteiger partial charge in [0.25, 0.3) is 0 Å². The number of hydrogen-bond donors (Lipinski definition) is 1. The van der Waals surface area contributed by atoms with E-state index < -0.39 is 10.0 Å². The minimum absolute atomic E-state index is 0.143. The molecule has 25 heavy (non-hydrogen) atoms. The number of nitrogens with one attached hydrogen (secondary N) is 1. The third-order valence-corrected chi connectivity index (χ3v) is 6.71. The Balaban J connectivity index is 2.04. The van der Waals surface area contributed by atoms with Gasteiger partial charge in [-0.15, -0.1) is 0 Å². The molecule has 0 saturated heterocycles. The van der Waals surface area contributed by atoms with Gasteiger partial charge in [0.15, 0.2) is 0 Å². The topological polar surface area (TPSA) is 66.5 Å². The molecule has 1 amide bonds. The minimum atomic E-state index is -3.72. The van der Waals surface area contributed by atoms with Gasteiger partial charge in [-0.05, 0) is 42.8 Å². The van der Waals surface area contributed by atoms with Crippen LogP contribution < -0.4 is 5.32 Å². The molecule has 8 heteroatoms. The van der Waals surface area contributed by atoms with Crippen LogP contribution in [0.4, 0.5) is 0 Å². The highest BCUT2D eigenvalue weighted by Crippen LogP contribution is 2.23. The Morgan fingerprint density at radius 3 is 2.32 bits per heavy atom. The summed E-state index contributed by atoms with van der Waals surface area (Å²) in [7, 11) is -2.33. The number of carbonyl (C=O) groups excluding carboxylic acids is 1. The van der Waals surface area contributed by atoms with Gasteiger partial charge in [0, 0.05) is 16.0 Å². The summed E-state index contributed by atoms with van der Waals surface area (Å²) in [6.07, 6.45) is 0. The molecule has 0 aliphatic carbocycles. The lowest BCUT2D eigenvalue weighted by atomic mass is 10.1. The van der Waals surface area contributed by atoms with E-state index in [-0.39, 0.29) is 23.4 Å². The molecule has 134 valence electrons. The molecule has 0 heterocycles. The number of benzene rings is 2. The molecule has 0 aliphatic rings. The largest absolute Gasteiger partial charge is 0.348 e. The van der Waals surface area contributed by atoms with E-state index in [0.29, 0.717) is 0 Å². The molecule has 0 aromatic heterocycles. The Morgan fingerprint density at radius 1 is 1.12 bits per heavy atom. The number of sulfonamides is 1. The van der Waals surface area contributed by atoms with Crippen molar-refractivity contribution in [2.45, 2.75) is 17.9 Å². The standard InChI is InChI=1S/C17H18Br2N2O3S/c1-12(15-5-3-4-6-16(15)19)20-17(22)11-21(2)25(23,24)14-9-7-13(18)8-10-14/h3-10,12H,11H2,1-2H3,(H,20,22). The molecule has 0 aliphatic heterocycles. The van der Waals surface area contributed by atoms with Crippen LogP contribution in [-0.4, -0.2) is 32.2 Å². The molecule has 0 fully saturated rings. The number of rotatable bonds is 6. The van der Waals surface area contributed by atoms with Gasteiger partial charge in [0.1, 0.15) is 0 Å². The SMILES string of the molecule is CC(NC(=O)CN(C)S(=O)(=O)c1ccc(Br)cc1)c1ccccc1Br. The Labute approximate surface area is 164 Å². The van der Waals surface area contributed by atoms with Gasteiger partial charge in [-0.25, -0.2) is 8.42 Å². The molecule has 5 nitrogen and oxygen atoms in total. The second-order valence-corrected chi connectivity index (χ2v) is 9.34. The molecular weight excluding hydrogens is 472 g/mol. The van der Waals surface area contributed by atoms with Crippen LogP contribution in [0.2, 0.25) is 0 Å². The molecule has 2 aromatic rings. The summed E-state index contributed by atoms with van der Waals surface area (Å²) in [4.78, 5) is 12.4. The van der Waals surface area contributed by atoms with Gasteiger partial charge in [-0.1, -0.05) is 50.1 Å². The third-order valence-electron chi connectivity index (χ3n) is 3.64. The van der Waals surface area contributed by atoms with E-state index >= 15 is 0 Å². The Hall–Kier alpha value is -1.22. The van der Waals surface area contributed by atoms with Crippen LogP contribution >= 0.6 is 31.9 Å². The van der Waals surface area contributed by atoms with Crippen LogP contribution in [0.1, 0.15) is 18.5 Å². The van der Waals surface area contributed by atoms with Gasteiger partial charge in [-0.3, -0.25) is 4.79 Å². The normalized spacial score (nSPS) is 12.8. The van der Waals surface area contributed by atoms with Gasteiger partial charge < -0.3 is 5.32 Å². The quantitative estimate of drug-likeness (QED) is 0.672. The lowest BCUT2D eigenvalue weighted by Gasteiger charge is -2.20. The maximum Gasteiger partial charge on any atom is 0.243 e. The van der Waals surface area contributed by atoms with Gasteiger partial charge in [0.2, 0.25) is 15.9 Å². The molecule has 0 spiro atoms. The predicted molar refractivity (Wildman–Crippen MR) is 105 cm³/mol. The van der Waals surface area contributed by atoms with Crippen molar-refractivity contribution in [1.82, 2.24) is 9.62 Å². The fraction of sp³-hybridized carbons (Fsp3) is 0.235. The molecule has 1 N–H and O–H groups in total. The Morgan fingerprint density at radius 2 is 1.72 bits per heavy atom. The summed E-state index contributed by atoms with van der Waals surface area (Å²) in [5.41, 5.74) is 0.925. The average molecular weight is 490 g/mol. The van der Waals surface area contributed by atoms with E-state index in [2.05, 4.69) is 37.2 Å². The van der Waals surface area contributed by atoms with E-state index in [1.54, 1.807) is 12.1 Å². The molecule has 0 bridgehead atoms. The molecular formula is C17H18Br2N2O3S. The zero-order valence-electron chi connectivity index (χ0n) is 13.7. The minimum Gasteiger partial charge on any atom is -0.348 e. The van der Waals surface area contributed by atoms with Crippen molar-refractivity contribution in [2.24, 2.45) is 0 Å². The van der Waals surface area contributed by atoms with Crippen LogP contribution in [0.15, 0.2) is 62.4 Å². The number of nitrogens with zero attached hydrogens (tertiary/aromatic N) is 1. The van der Waals surface area contributed by atoms with Gasteiger partial charge >= 0.3 is 0 Å². The van der Waals surface area contributed by atoms with Crippen LogP contribution in [0.25, 0.3) is 0 Å². The Kier molecular flexibility index (Phi) is 6.79.